The molecule has 1 unspecified atom stereocenters. The molecule has 1 heterocycles. The zero-order valence-corrected chi connectivity index (χ0v) is 12.3. The topological polar surface area (TPSA) is 24.9 Å². The number of nitrogens with zero attached hydrogens (tertiary/aromatic N) is 1. The Morgan fingerprint density at radius 1 is 1.22 bits per heavy atom. The van der Waals surface area contributed by atoms with Crippen molar-refractivity contribution in [3.63, 3.8) is 0 Å². The highest BCUT2D eigenvalue weighted by Crippen LogP contribution is 2.28. The molecule has 0 radical (unpaired) electrons. The van der Waals surface area contributed by atoms with Gasteiger partial charge in [-0.1, -0.05) is 36.8 Å². The first-order valence-electron chi connectivity index (χ1n) is 6.35. The standard InChI is InChI=1S/C15H20N2S/c1-5-13-11(3)18-15(17-13)14(16-4)12-8-6-10(2)7-9-12/h6-9,14,16H,5H2,1-4H3. The van der Waals surface area contributed by atoms with Gasteiger partial charge in [0, 0.05) is 4.88 Å². The predicted molar refractivity (Wildman–Crippen MR) is 78.3 cm³/mol. The molecule has 0 amide bonds. The average Bonchev–Trinajstić information content (AvgIpc) is 2.74. The third kappa shape index (κ3) is 2.62. The van der Waals surface area contributed by atoms with Gasteiger partial charge in [-0.2, -0.15) is 0 Å². The van der Waals surface area contributed by atoms with Gasteiger partial charge >= 0.3 is 0 Å². The maximum Gasteiger partial charge on any atom is 0.115 e. The van der Waals surface area contributed by atoms with Crippen LogP contribution in [0.25, 0.3) is 0 Å². The molecular formula is C15H20N2S. The minimum Gasteiger partial charge on any atom is -0.307 e. The van der Waals surface area contributed by atoms with Crippen LogP contribution in [0.2, 0.25) is 0 Å². The van der Waals surface area contributed by atoms with Gasteiger partial charge in [0.25, 0.3) is 0 Å². The molecule has 0 aliphatic carbocycles. The molecular weight excluding hydrogens is 240 g/mol. The molecule has 1 N–H and O–H groups in total. The first-order chi connectivity index (χ1) is 8.65. The Morgan fingerprint density at radius 3 is 2.39 bits per heavy atom. The van der Waals surface area contributed by atoms with Crippen molar-refractivity contribution in [2.24, 2.45) is 0 Å². The van der Waals surface area contributed by atoms with Crippen LogP contribution in [0.5, 0.6) is 0 Å². The maximum atomic E-state index is 4.75. The van der Waals surface area contributed by atoms with Crippen LogP contribution in [0.3, 0.4) is 0 Å². The molecule has 18 heavy (non-hydrogen) atoms. The summed E-state index contributed by atoms with van der Waals surface area (Å²) >= 11 is 1.80. The minimum absolute atomic E-state index is 0.203. The molecule has 1 aromatic heterocycles. The van der Waals surface area contributed by atoms with Crippen molar-refractivity contribution in [2.45, 2.75) is 33.2 Å². The van der Waals surface area contributed by atoms with E-state index in [4.69, 9.17) is 4.98 Å². The van der Waals surface area contributed by atoms with Crippen LogP contribution >= 0.6 is 11.3 Å². The highest BCUT2D eigenvalue weighted by Gasteiger charge is 2.17. The van der Waals surface area contributed by atoms with Crippen molar-refractivity contribution in [1.82, 2.24) is 10.3 Å². The first-order valence-corrected chi connectivity index (χ1v) is 7.17. The fraction of sp³-hybridized carbons (Fsp3) is 0.400. The van der Waals surface area contributed by atoms with E-state index in [9.17, 15) is 0 Å². The summed E-state index contributed by atoms with van der Waals surface area (Å²) in [6, 6.07) is 8.87. The fourth-order valence-corrected chi connectivity index (χ4v) is 3.24. The molecule has 2 rings (SSSR count). The van der Waals surface area contributed by atoms with Gasteiger partial charge < -0.3 is 5.32 Å². The van der Waals surface area contributed by atoms with Crippen molar-refractivity contribution in [3.05, 3.63) is 51.0 Å². The third-order valence-electron chi connectivity index (χ3n) is 3.19. The fourth-order valence-electron chi connectivity index (χ4n) is 2.09. The molecule has 3 heteroatoms. The van der Waals surface area contributed by atoms with Crippen LogP contribution in [0, 0.1) is 13.8 Å². The van der Waals surface area contributed by atoms with E-state index in [1.165, 1.54) is 21.7 Å². The van der Waals surface area contributed by atoms with Gasteiger partial charge in [-0.15, -0.1) is 11.3 Å². The Labute approximate surface area is 113 Å². The van der Waals surface area contributed by atoms with Crippen LogP contribution in [0.4, 0.5) is 0 Å². The number of aromatic nitrogens is 1. The Balaban J connectivity index is 2.35. The molecule has 2 nitrogen and oxygen atoms in total. The lowest BCUT2D eigenvalue weighted by Gasteiger charge is -2.14. The van der Waals surface area contributed by atoms with Crippen molar-refractivity contribution in [3.8, 4) is 0 Å². The summed E-state index contributed by atoms with van der Waals surface area (Å²) < 4.78 is 0. The smallest absolute Gasteiger partial charge is 0.115 e. The molecule has 0 aliphatic rings. The van der Waals surface area contributed by atoms with Crippen LogP contribution < -0.4 is 5.32 Å². The van der Waals surface area contributed by atoms with Gasteiger partial charge in [0.15, 0.2) is 0 Å². The second kappa shape index (κ2) is 5.63. The Bertz CT molecular complexity index is 514. The van der Waals surface area contributed by atoms with Gasteiger partial charge in [-0.05, 0) is 32.9 Å². The lowest BCUT2D eigenvalue weighted by atomic mass is 10.1. The number of rotatable bonds is 4. The van der Waals surface area contributed by atoms with E-state index in [1.807, 2.05) is 7.05 Å². The molecule has 0 aliphatic heterocycles. The molecule has 0 spiro atoms. The summed E-state index contributed by atoms with van der Waals surface area (Å²) in [6.07, 6.45) is 1.01. The van der Waals surface area contributed by atoms with E-state index < -0.39 is 0 Å². The van der Waals surface area contributed by atoms with Crippen molar-refractivity contribution in [1.29, 1.82) is 0 Å². The largest absolute Gasteiger partial charge is 0.307 e. The summed E-state index contributed by atoms with van der Waals surface area (Å²) in [4.78, 5) is 6.09. The second-order valence-corrected chi connectivity index (χ2v) is 5.78. The molecule has 2 aromatic rings. The van der Waals surface area contributed by atoms with Crippen LogP contribution in [-0.4, -0.2) is 12.0 Å². The van der Waals surface area contributed by atoms with E-state index in [-0.39, 0.29) is 6.04 Å². The zero-order valence-electron chi connectivity index (χ0n) is 11.4. The van der Waals surface area contributed by atoms with E-state index >= 15 is 0 Å². The third-order valence-corrected chi connectivity index (χ3v) is 4.27. The highest BCUT2D eigenvalue weighted by molar-refractivity contribution is 7.11. The van der Waals surface area contributed by atoms with Crippen LogP contribution in [-0.2, 0) is 6.42 Å². The molecule has 1 aromatic carbocycles. The average molecular weight is 260 g/mol. The number of hydrogen-bond acceptors (Lipinski definition) is 3. The number of benzene rings is 1. The molecule has 1 atom stereocenters. The summed E-state index contributed by atoms with van der Waals surface area (Å²) in [6.45, 7) is 6.43. The SMILES string of the molecule is CCc1nc(C(NC)c2ccc(C)cc2)sc1C. The Hall–Kier alpha value is -1.19. The summed E-state index contributed by atoms with van der Waals surface area (Å²) in [7, 11) is 1.99. The number of aryl methyl sites for hydroxylation is 3. The van der Waals surface area contributed by atoms with E-state index in [0.717, 1.165) is 11.4 Å². The number of thiazole rings is 1. The molecule has 0 bridgehead atoms. The van der Waals surface area contributed by atoms with Gasteiger partial charge in [-0.3, -0.25) is 0 Å². The van der Waals surface area contributed by atoms with Gasteiger partial charge in [0.05, 0.1) is 11.7 Å². The predicted octanol–water partition coefficient (Wildman–Crippen LogP) is 3.63. The quantitative estimate of drug-likeness (QED) is 0.908. The maximum absolute atomic E-state index is 4.75. The van der Waals surface area contributed by atoms with Crippen molar-refractivity contribution >= 4 is 11.3 Å². The Kier molecular flexibility index (Phi) is 4.15. The molecule has 0 fully saturated rings. The van der Waals surface area contributed by atoms with Gasteiger partial charge in [0.1, 0.15) is 5.01 Å². The van der Waals surface area contributed by atoms with Crippen LogP contribution in [0.1, 0.15) is 39.7 Å². The lowest BCUT2D eigenvalue weighted by Crippen LogP contribution is -2.17. The number of nitrogens with one attached hydrogen (secondary N) is 1. The Morgan fingerprint density at radius 2 is 1.89 bits per heavy atom. The molecule has 0 saturated heterocycles. The number of hydrogen-bond donors (Lipinski definition) is 1. The molecule has 96 valence electrons. The van der Waals surface area contributed by atoms with Gasteiger partial charge in [0.2, 0.25) is 0 Å². The normalized spacial score (nSPS) is 12.7. The monoisotopic (exact) mass is 260 g/mol. The highest BCUT2D eigenvalue weighted by atomic mass is 32.1. The lowest BCUT2D eigenvalue weighted by molar-refractivity contribution is 0.683. The second-order valence-electron chi connectivity index (χ2n) is 4.54. The van der Waals surface area contributed by atoms with Crippen molar-refractivity contribution in [2.75, 3.05) is 7.05 Å². The van der Waals surface area contributed by atoms with E-state index in [2.05, 4.69) is 50.4 Å². The summed E-state index contributed by atoms with van der Waals surface area (Å²) in [5.41, 5.74) is 3.79. The van der Waals surface area contributed by atoms with E-state index in [0.29, 0.717) is 0 Å². The van der Waals surface area contributed by atoms with E-state index in [1.54, 1.807) is 11.3 Å². The van der Waals surface area contributed by atoms with Crippen LogP contribution in [0.15, 0.2) is 24.3 Å². The van der Waals surface area contributed by atoms with Crippen molar-refractivity contribution < 1.29 is 0 Å². The summed E-state index contributed by atoms with van der Waals surface area (Å²) in [5, 5.41) is 4.53. The minimum atomic E-state index is 0.203. The first kappa shape index (κ1) is 13.2. The molecule has 0 saturated carbocycles. The zero-order chi connectivity index (χ0) is 13.1. The van der Waals surface area contributed by atoms with Gasteiger partial charge in [-0.25, -0.2) is 4.98 Å². The summed E-state index contributed by atoms with van der Waals surface area (Å²) in [5.74, 6) is 0.